The average molecular weight is 224 g/mol. The third-order valence-electron chi connectivity index (χ3n) is 4.40. The highest BCUT2D eigenvalue weighted by molar-refractivity contribution is 4.96. The van der Waals surface area contributed by atoms with Crippen molar-refractivity contribution in [2.45, 2.75) is 71.0 Å². The molecule has 1 saturated carbocycles. The Bertz CT molecular complexity index is 213. The first kappa shape index (κ1) is 12.4. The minimum atomic E-state index is 0.731. The molecule has 2 fully saturated rings. The van der Waals surface area contributed by atoms with Crippen molar-refractivity contribution in [3.05, 3.63) is 0 Å². The van der Waals surface area contributed by atoms with E-state index in [1.165, 1.54) is 45.2 Å². The Hall–Kier alpha value is -0.0800. The first-order valence-corrected chi connectivity index (χ1v) is 7.25. The van der Waals surface area contributed by atoms with Gasteiger partial charge in [0, 0.05) is 31.2 Å². The molecule has 0 amide bonds. The van der Waals surface area contributed by atoms with Crippen LogP contribution in [0.25, 0.3) is 0 Å². The van der Waals surface area contributed by atoms with Gasteiger partial charge in [0.25, 0.3) is 0 Å². The summed E-state index contributed by atoms with van der Waals surface area (Å²) < 4.78 is 0. The Labute approximate surface area is 101 Å². The minimum Gasteiger partial charge on any atom is -0.311 e. The Morgan fingerprint density at radius 1 is 1.31 bits per heavy atom. The molecule has 2 rings (SSSR count). The molecule has 0 radical (unpaired) electrons. The highest BCUT2D eigenvalue weighted by Crippen LogP contribution is 2.37. The summed E-state index contributed by atoms with van der Waals surface area (Å²) in [6.45, 7) is 9.55. The molecular weight excluding hydrogens is 196 g/mol. The van der Waals surface area contributed by atoms with Crippen LogP contribution in [-0.4, -0.2) is 36.1 Å². The van der Waals surface area contributed by atoms with Crippen LogP contribution in [0.1, 0.15) is 52.9 Å². The molecular formula is C14H28N2. The molecule has 2 heteroatoms. The molecule has 0 aromatic rings. The van der Waals surface area contributed by atoms with Crippen LogP contribution in [0.5, 0.6) is 0 Å². The summed E-state index contributed by atoms with van der Waals surface area (Å²) in [7, 11) is 0. The van der Waals surface area contributed by atoms with Gasteiger partial charge in [-0.2, -0.15) is 0 Å². The number of nitrogens with one attached hydrogen (secondary N) is 1. The van der Waals surface area contributed by atoms with E-state index >= 15 is 0 Å². The maximum absolute atomic E-state index is 3.73. The van der Waals surface area contributed by atoms with E-state index < -0.39 is 0 Å². The summed E-state index contributed by atoms with van der Waals surface area (Å²) in [6.07, 6.45) is 6.89. The van der Waals surface area contributed by atoms with E-state index in [9.17, 15) is 0 Å². The van der Waals surface area contributed by atoms with Gasteiger partial charge < -0.3 is 5.32 Å². The first-order chi connectivity index (χ1) is 7.76. The van der Waals surface area contributed by atoms with Gasteiger partial charge in [-0.05, 0) is 38.5 Å². The molecule has 1 heterocycles. The maximum atomic E-state index is 3.73. The van der Waals surface area contributed by atoms with E-state index in [0.717, 1.165) is 24.0 Å². The van der Waals surface area contributed by atoms with Crippen LogP contribution in [0.3, 0.4) is 0 Å². The molecule has 0 aromatic heterocycles. The molecule has 0 bridgehead atoms. The van der Waals surface area contributed by atoms with Crippen molar-refractivity contribution in [1.82, 2.24) is 10.2 Å². The summed E-state index contributed by atoms with van der Waals surface area (Å²) in [5.74, 6) is 1.00. The van der Waals surface area contributed by atoms with Crippen LogP contribution in [0, 0.1) is 5.92 Å². The molecule has 3 atom stereocenters. The zero-order valence-electron chi connectivity index (χ0n) is 11.2. The van der Waals surface area contributed by atoms with E-state index in [0.29, 0.717) is 0 Å². The fourth-order valence-electron chi connectivity index (χ4n) is 3.14. The van der Waals surface area contributed by atoms with Gasteiger partial charge in [-0.15, -0.1) is 0 Å². The Balaban J connectivity index is 1.95. The third kappa shape index (κ3) is 2.78. The average Bonchev–Trinajstić information content (AvgIpc) is 3.12. The SMILES string of the molecule is CCCC(C)N1CC(CC)NCC1C1CC1. The molecule has 1 aliphatic heterocycles. The number of hydrogen-bond acceptors (Lipinski definition) is 2. The Morgan fingerprint density at radius 3 is 2.62 bits per heavy atom. The van der Waals surface area contributed by atoms with Gasteiger partial charge in [-0.3, -0.25) is 4.90 Å². The van der Waals surface area contributed by atoms with Gasteiger partial charge in [0.2, 0.25) is 0 Å². The lowest BCUT2D eigenvalue weighted by Gasteiger charge is -2.44. The second kappa shape index (κ2) is 5.50. The standard InChI is InChI=1S/C14H28N2/c1-4-6-11(3)16-10-13(5-2)15-9-14(16)12-7-8-12/h11-15H,4-10H2,1-3H3. The Kier molecular flexibility index (Phi) is 4.26. The van der Waals surface area contributed by atoms with Crippen molar-refractivity contribution in [2.75, 3.05) is 13.1 Å². The van der Waals surface area contributed by atoms with Crippen LogP contribution in [0.15, 0.2) is 0 Å². The van der Waals surface area contributed by atoms with Crippen molar-refractivity contribution in [3.8, 4) is 0 Å². The Morgan fingerprint density at radius 2 is 2.06 bits per heavy atom. The van der Waals surface area contributed by atoms with Crippen LogP contribution in [0.4, 0.5) is 0 Å². The van der Waals surface area contributed by atoms with Gasteiger partial charge >= 0.3 is 0 Å². The zero-order chi connectivity index (χ0) is 11.5. The van der Waals surface area contributed by atoms with Gasteiger partial charge in [0.05, 0.1) is 0 Å². The number of rotatable bonds is 5. The molecule has 94 valence electrons. The monoisotopic (exact) mass is 224 g/mol. The zero-order valence-corrected chi connectivity index (χ0v) is 11.2. The summed E-state index contributed by atoms with van der Waals surface area (Å²) in [6, 6.07) is 2.35. The van der Waals surface area contributed by atoms with Crippen LogP contribution in [0.2, 0.25) is 0 Å². The van der Waals surface area contributed by atoms with Crippen LogP contribution >= 0.6 is 0 Å². The smallest absolute Gasteiger partial charge is 0.0252 e. The van der Waals surface area contributed by atoms with Crippen LogP contribution in [-0.2, 0) is 0 Å². The number of hydrogen-bond donors (Lipinski definition) is 1. The fourth-order valence-corrected chi connectivity index (χ4v) is 3.14. The lowest BCUT2D eigenvalue weighted by atomic mass is 9.99. The normalized spacial score (nSPS) is 33.9. The second-order valence-corrected chi connectivity index (χ2v) is 5.75. The topological polar surface area (TPSA) is 15.3 Å². The molecule has 16 heavy (non-hydrogen) atoms. The quantitative estimate of drug-likeness (QED) is 0.772. The van der Waals surface area contributed by atoms with E-state index in [-0.39, 0.29) is 0 Å². The summed E-state index contributed by atoms with van der Waals surface area (Å²) in [4.78, 5) is 2.81. The molecule has 2 nitrogen and oxygen atoms in total. The van der Waals surface area contributed by atoms with E-state index in [1.807, 2.05) is 0 Å². The predicted molar refractivity (Wildman–Crippen MR) is 69.7 cm³/mol. The lowest BCUT2D eigenvalue weighted by molar-refractivity contribution is 0.0709. The largest absolute Gasteiger partial charge is 0.311 e. The second-order valence-electron chi connectivity index (χ2n) is 5.75. The maximum Gasteiger partial charge on any atom is 0.0252 e. The number of piperazine rings is 1. The van der Waals surface area contributed by atoms with Crippen LogP contribution < -0.4 is 5.32 Å². The lowest BCUT2D eigenvalue weighted by Crippen LogP contribution is -2.59. The minimum absolute atomic E-state index is 0.731. The van der Waals surface area contributed by atoms with E-state index in [2.05, 4.69) is 31.0 Å². The number of nitrogens with zero attached hydrogens (tertiary/aromatic N) is 1. The third-order valence-corrected chi connectivity index (χ3v) is 4.40. The van der Waals surface area contributed by atoms with Gasteiger partial charge in [-0.1, -0.05) is 20.3 Å². The summed E-state index contributed by atoms with van der Waals surface area (Å²) >= 11 is 0. The fraction of sp³-hybridized carbons (Fsp3) is 1.00. The van der Waals surface area contributed by atoms with Crippen molar-refractivity contribution < 1.29 is 0 Å². The molecule has 1 aliphatic carbocycles. The molecule has 1 saturated heterocycles. The molecule has 2 aliphatic rings. The van der Waals surface area contributed by atoms with Crippen molar-refractivity contribution in [3.63, 3.8) is 0 Å². The van der Waals surface area contributed by atoms with Gasteiger partial charge in [-0.25, -0.2) is 0 Å². The van der Waals surface area contributed by atoms with Gasteiger partial charge in [0.15, 0.2) is 0 Å². The van der Waals surface area contributed by atoms with Crippen molar-refractivity contribution >= 4 is 0 Å². The predicted octanol–water partition coefficient (Wildman–Crippen LogP) is 2.64. The van der Waals surface area contributed by atoms with E-state index in [1.54, 1.807) is 0 Å². The van der Waals surface area contributed by atoms with Crippen molar-refractivity contribution in [2.24, 2.45) is 5.92 Å². The molecule has 3 unspecified atom stereocenters. The highest BCUT2D eigenvalue weighted by atomic mass is 15.3. The molecule has 0 spiro atoms. The van der Waals surface area contributed by atoms with Gasteiger partial charge in [0.1, 0.15) is 0 Å². The first-order valence-electron chi connectivity index (χ1n) is 7.25. The molecule has 0 aromatic carbocycles. The summed E-state index contributed by atoms with van der Waals surface area (Å²) in [5, 5.41) is 3.73. The van der Waals surface area contributed by atoms with E-state index in [4.69, 9.17) is 0 Å². The summed E-state index contributed by atoms with van der Waals surface area (Å²) in [5.41, 5.74) is 0. The molecule has 1 N–H and O–H groups in total. The van der Waals surface area contributed by atoms with Crippen molar-refractivity contribution in [1.29, 1.82) is 0 Å². The highest BCUT2D eigenvalue weighted by Gasteiger charge is 2.39.